The average Bonchev–Trinajstić information content (AvgIpc) is 3.88. The molecule has 0 unspecified atom stereocenters. The second-order valence-electron chi connectivity index (χ2n) is 17.5. The van der Waals surface area contributed by atoms with Gasteiger partial charge in [-0.25, -0.2) is 4.98 Å². The highest BCUT2D eigenvalue weighted by molar-refractivity contribution is 6.29. The van der Waals surface area contributed by atoms with Crippen molar-refractivity contribution >= 4 is 60.5 Å². The van der Waals surface area contributed by atoms with Crippen molar-refractivity contribution in [2.75, 3.05) is 4.90 Å². The first-order valence-corrected chi connectivity index (χ1v) is 22.8. The lowest BCUT2D eigenvalue weighted by Gasteiger charge is -2.35. The number of hydrogen-bond acceptors (Lipinski definition) is 2. The highest BCUT2D eigenvalue weighted by atomic mass is 15.1. The number of pyridine rings is 1. The molecule has 310 valence electrons. The fourth-order valence-electron chi connectivity index (χ4n) is 11.1. The zero-order valence-corrected chi connectivity index (χ0v) is 36.4. The van der Waals surface area contributed by atoms with Crippen LogP contribution in [-0.2, 0) is 5.41 Å². The van der Waals surface area contributed by atoms with Crippen molar-refractivity contribution < 1.29 is 0 Å². The van der Waals surface area contributed by atoms with Gasteiger partial charge in [0.15, 0.2) is 0 Å². The monoisotopic (exact) mass is 841 g/mol. The van der Waals surface area contributed by atoms with Crippen molar-refractivity contribution in [3.05, 3.63) is 270 Å². The van der Waals surface area contributed by atoms with Crippen LogP contribution in [0.5, 0.6) is 0 Å². The number of hydrogen-bond donors (Lipinski definition) is 0. The third-order valence-corrected chi connectivity index (χ3v) is 13.9. The molecule has 3 heteroatoms. The second-order valence-corrected chi connectivity index (χ2v) is 17.5. The zero-order chi connectivity index (χ0) is 43.8. The number of aromatic nitrogens is 2. The van der Waals surface area contributed by atoms with Crippen LogP contribution in [0.1, 0.15) is 27.8 Å². The highest BCUT2D eigenvalue weighted by Crippen LogP contribution is 2.57. The van der Waals surface area contributed by atoms with E-state index in [2.05, 4.69) is 259 Å². The first kappa shape index (κ1) is 38.0. The molecular weight excluding hydrogens is 799 g/mol. The van der Waals surface area contributed by atoms with E-state index < -0.39 is 5.41 Å². The summed E-state index contributed by atoms with van der Waals surface area (Å²) in [4.78, 5) is 7.84. The van der Waals surface area contributed by atoms with Gasteiger partial charge in [0.25, 0.3) is 0 Å². The van der Waals surface area contributed by atoms with Gasteiger partial charge in [-0.05, 0) is 107 Å². The van der Waals surface area contributed by atoms with Crippen molar-refractivity contribution in [1.82, 2.24) is 9.55 Å². The largest absolute Gasteiger partial charge is 0.310 e. The smallest absolute Gasteiger partial charge is 0.0788 e. The van der Waals surface area contributed by atoms with Crippen molar-refractivity contribution in [3.8, 4) is 28.1 Å². The molecule has 2 heterocycles. The minimum Gasteiger partial charge on any atom is -0.310 e. The first-order valence-electron chi connectivity index (χ1n) is 22.8. The minimum atomic E-state index is -0.505. The summed E-state index contributed by atoms with van der Waals surface area (Å²) in [6.45, 7) is 2.15. The minimum absolute atomic E-state index is 0.505. The fourth-order valence-corrected chi connectivity index (χ4v) is 11.1. The summed E-state index contributed by atoms with van der Waals surface area (Å²) in [6.07, 6.45) is 0. The Morgan fingerprint density at radius 2 is 0.985 bits per heavy atom. The summed E-state index contributed by atoms with van der Waals surface area (Å²) in [6, 6.07) is 88.7. The standard InChI is InChI=1S/C63H43N3/c1-42-29-33-47(34-30-42)65(49-37-38-51-50-23-11-14-26-55(50)63(56(51)41-49,44-17-5-2-6-18-44)45-19-7-3-8-20-45)48-35-31-43(32-36-48)62-54-39-40-59-61(60(54)52-24-12-15-27-57(52)64-62)53-25-13-16-28-58(53)66(59)46-21-9-4-10-22-46/h2-41H,1H3. The Hall–Kier alpha value is -8.53. The normalized spacial score (nSPS) is 12.7. The summed E-state index contributed by atoms with van der Waals surface area (Å²) >= 11 is 0. The van der Waals surface area contributed by atoms with Crippen LogP contribution in [0, 0.1) is 6.92 Å². The second kappa shape index (κ2) is 15.0. The lowest BCUT2D eigenvalue weighted by molar-refractivity contribution is 0.768. The number of para-hydroxylation sites is 3. The molecular formula is C63H43N3. The van der Waals surface area contributed by atoms with Gasteiger partial charge in [-0.15, -0.1) is 0 Å². The van der Waals surface area contributed by atoms with E-state index in [1.54, 1.807) is 0 Å². The lowest BCUT2D eigenvalue weighted by Crippen LogP contribution is -2.28. The summed E-state index contributed by atoms with van der Waals surface area (Å²) in [5, 5.41) is 5.99. The van der Waals surface area contributed by atoms with Crippen molar-refractivity contribution in [2.45, 2.75) is 12.3 Å². The third kappa shape index (κ3) is 5.66. The van der Waals surface area contributed by atoms with Crippen LogP contribution >= 0.6 is 0 Å². The van der Waals surface area contributed by atoms with Crippen molar-refractivity contribution in [2.24, 2.45) is 0 Å². The molecule has 66 heavy (non-hydrogen) atoms. The van der Waals surface area contributed by atoms with E-state index in [9.17, 15) is 0 Å². The Kier molecular flexibility index (Phi) is 8.66. The van der Waals surface area contributed by atoms with Gasteiger partial charge in [-0.1, -0.05) is 181 Å². The molecule has 0 saturated heterocycles. The predicted octanol–water partition coefficient (Wildman–Crippen LogP) is 16.3. The van der Waals surface area contributed by atoms with Gasteiger partial charge in [0, 0.05) is 55.2 Å². The molecule has 0 aliphatic heterocycles. The number of benzene rings is 10. The molecule has 0 amide bonds. The molecule has 13 rings (SSSR count). The average molecular weight is 842 g/mol. The zero-order valence-electron chi connectivity index (χ0n) is 36.4. The lowest BCUT2D eigenvalue weighted by atomic mass is 9.67. The molecule has 2 aromatic heterocycles. The molecule has 0 fully saturated rings. The Bertz CT molecular complexity index is 3760. The van der Waals surface area contributed by atoms with Crippen LogP contribution in [0.4, 0.5) is 17.1 Å². The van der Waals surface area contributed by atoms with Crippen LogP contribution in [0.2, 0.25) is 0 Å². The topological polar surface area (TPSA) is 21.1 Å². The Labute approximate surface area is 384 Å². The van der Waals surface area contributed by atoms with Crippen LogP contribution in [0.3, 0.4) is 0 Å². The van der Waals surface area contributed by atoms with Gasteiger partial charge in [0.05, 0.1) is 27.7 Å². The summed E-state index contributed by atoms with van der Waals surface area (Å²) < 4.78 is 2.40. The van der Waals surface area contributed by atoms with Gasteiger partial charge in [0.1, 0.15) is 0 Å². The molecule has 0 N–H and O–H groups in total. The molecule has 0 atom stereocenters. The first-order chi connectivity index (χ1) is 32.7. The van der Waals surface area contributed by atoms with E-state index in [1.165, 1.54) is 66.1 Å². The molecule has 1 aliphatic carbocycles. The van der Waals surface area contributed by atoms with E-state index in [0.29, 0.717) is 0 Å². The Balaban J connectivity index is 1.00. The maximum absolute atomic E-state index is 5.44. The fraction of sp³-hybridized carbons (Fsp3) is 0.0317. The molecule has 0 radical (unpaired) electrons. The highest BCUT2D eigenvalue weighted by Gasteiger charge is 2.46. The Morgan fingerprint density at radius 3 is 1.71 bits per heavy atom. The van der Waals surface area contributed by atoms with Crippen LogP contribution in [0.15, 0.2) is 243 Å². The van der Waals surface area contributed by atoms with Gasteiger partial charge in [-0.3, -0.25) is 0 Å². The molecule has 0 bridgehead atoms. The molecule has 0 saturated carbocycles. The van der Waals surface area contributed by atoms with Gasteiger partial charge in [0.2, 0.25) is 0 Å². The maximum atomic E-state index is 5.44. The number of fused-ring (bicyclic) bond motifs is 10. The molecule has 0 spiro atoms. The van der Waals surface area contributed by atoms with Crippen molar-refractivity contribution in [1.29, 1.82) is 0 Å². The van der Waals surface area contributed by atoms with E-state index >= 15 is 0 Å². The van der Waals surface area contributed by atoms with Gasteiger partial charge >= 0.3 is 0 Å². The molecule has 3 nitrogen and oxygen atoms in total. The van der Waals surface area contributed by atoms with Gasteiger partial charge in [-0.2, -0.15) is 0 Å². The summed E-state index contributed by atoms with van der Waals surface area (Å²) in [5.74, 6) is 0. The van der Waals surface area contributed by atoms with E-state index in [1.807, 2.05) is 0 Å². The maximum Gasteiger partial charge on any atom is 0.0788 e. The SMILES string of the molecule is Cc1ccc(N(c2ccc(-c3nc4ccccc4c4c3ccc3c4c4ccccc4n3-c3ccccc3)cc2)c2ccc3c(c2)C(c2ccccc2)(c2ccccc2)c2ccccc2-3)cc1. The number of anilines is 3. The third-order valence-electron chi connectivity index (χ3n) is 13.9. The van der Waals surface area contributed by atoms with Crippen LogP contribution in [0.25, 0.3) is 71.6 Å². The predicted molar refractivity (Wildman–Crippen MR) is 276 cm³/mol. The molecule has 1 aliphatic rings. The van der Waals surface area contributed by atoms with E-state index in [-0.39, 0.29) is 0 Å². The molecule has 10 aromatic carbocycles. The van der Waals surface area contributed by atoms with E-state index in [4.69, 9.17) is 4.98 Å². The van der Waals surface area contributed by atoms with E-state index in [0.717, 1.165) is 50.3 Å². The Morgan fingerprint density at radius 1 is 0.409 bits per heavy atom. The summed E-state index contributed by atoms with van der Waals surface area (Å²) in [7, 11) is 0. The number of nitrogens with zero attached hydrogens (tertiary/aromatic N) is 3. The van der Waals surface area contributed by atoms with Gasteiger partial charge < -0.3 is 9.47 Å². The van der Waals surface area contributed by atoms with Crippen LogP contribution < -0.4 is 4.90 Å². The summed E-state index contributed by atoms with van der Waals surface area (Å²) in [5.41, 5.74) is 18.1. The van der Waals surface area contributed by atoms with Crippen molar-refractivity contribution in [3.63, 3.8) is 0 Å². The molecule has 12 aromatic rings. The number of rotatable bonds is 7. The quantitative estimate of drug-likeness (QED) is 0.149. The van der Waals surface area contributed by atoms with Crippen LogP contribution in [-0.4, -0.2) is 9.55 Å². The number of aryl methyl sites for hydroxylation is 1.